The van der Waals surface area contributed by atoms with E-state index in [1.165, 1.54) is 9.80 Å². The summed E-state index contributed by atoms with van der Waals surface area (Å²) in [7, 11) is 1.56. The van der Waals surface area contributed by atoms with Gasteiger partial charge >= 0.3 is 0 Å². The van der Waals surface area contributed by atoms with Gasteiger partial charge in [0.25, 0.3) is 5.91 Å². The summed E-state index contributed by atoms with van der Waals surface area (Å²) in [6, 6.07) is 6.91. The largest absolute Gasteiger partial charge is 0.474 e. The van der Waals surface area contributed by atoms with Crippen molar-refractivity contribution in [2.24, 2.45) is 5.92 Å². The van der Waals surface area contributed by atoms with Crippen LogP contribution < -0.4 is 4.74 Å². The Bertz CT molecular complexity index is 1130. The standard InChI is InChI=1S/C23H25N5O4/c1-26(12-21(30)27-11-14(13-29)6-18(27)10-24)23(31)16-7-17-9-20(15-2-3-15)25-28(17)22(8-16)32-19-4-5-19/h7-9,13-15,18-19H,2-6,11-12H2,1H3. The number of likely N-dealkylation sites (tertiary alicyclic amines) is 1. The monoisotopic (exact) mass is 435 g/mol. The molecule has 0 bridgehead atoms. The zero-order chi connectivity index (χ0) is 22.4. The predicted molar refractivity (Wildman–Crippen MR) is 113 cm³/mol. The van der Waals surface area contributed by atoms with Crippen molar-refractivity contribution in [2.75, 3.05) is 20.1 Å². The van der Waals surface area contributed by atoms with E-state index in [2.05, 4.69) is 11.2 Å². The van der Waals surface area contributed by atoms with E-state index in [9.17, 15) is 19.6 Å². The molecule has 9 heteroatoms. The van der Waals surface area contributed by atoms with Gasteiger partial charge in [0.2, 0.25) is 11.8 Å². The van der Waals surface area contributed by atoms with Crippen LogP contribution in [-0.2, 0) is 9.59 Å². The number of aromatic nitrogens is 2. The third-order valence-electron chi connectivity index (χ3n) is 6.32. The number of hydrogen-bond acceptors (Lipinski definition) is 6. The molecule has 0 radical (unpaired) electrons. The van der Waals surface area contributed by atoms with E-state index in [1.807, 2.05) is 6.07 Å². The third kappa shape index (κ3) is 3.93. The topological polar surface area (TPSA) is 108 Å². The van der Waals surface area contributed by atoms with Gasteiger partial charge in [0.05, 0.1) is 23.8 Å². The number of rotatable bonds is 7. The highest BCUT2D eigenvalue weighted by Crippen LogP contribution is 2.40. The molecule has 1 saturated heterocycles. The van der Waals surface area contributed by atoms with Crippen LogP contribution in [0.25, 0.3) is 5.52 Å². The quantitative estimate of drug-likeness (QED) is 0.614. The fourth-order valence-corrected chi connectivity index (χ4v) is 4.18. The Kier molecular flexibility index (Phi) is 5.08. The molecule has 2 unspecified atom stereocenters. The van der Waals surface area contributed by atoms with Gasteiger partial charge in [-0.1, -0.05) is 0 Å². The molecule has 2 aromatic rings. The summed E-state index contributed by atoms with van der Waals surface area (Å²) in [5, 5.41) is 14.0. The second-order valence-corrected chi connectivity index (χ2v) is 9.06. The van der Waals surface area contributed by atoms with E-state index >= 15 is 0 Å². The van der Waals surface area contributed by atoms with Crippen LogP contribution in [0, 0.1) is 17.2 Å². The molecule has 0 spiro atoms. The van der Waals surface area contributed by atoms with Crippen molar-refractivity contribution in [1.82, 2.24) is 19.4 Å². The van der Waals surface area contributed by atoms with Gasteiger partial charge in [0.1, 0.15) is 18.4 Å². The number of hydrogen-bond donors (Lipinski definition) is 0. The lowest BCUT2D eigenvalue weighted by molar-refractivity contribution is -0.131. The number of carbonyl (C=O) groups is 3. The highest BCUT2D eigenvalue weighted by atomic mass is 16.5. The Hall–Kier alpha value is -3.41. The Morgan fingerprint density at radius 3 is 2.72 bits per heavy atom. The summed E-state index contributed by atoms with van der Waals surface area (Å²) in [5.74, 6) is 0.0318. The molecule has 32 heavy (non-hydrogen) atoms. The minimum Gasteiger partial charge on any atom is -0.474 e. The first-order chi connectivity index (χ1) is 15.5. The highest BCUT2D eigenvalue weighted by molar-refractivity contribution is 5.97. The molecular weight excluding hydrogens is 410 g/mol. The Labute approximate surface area is 185 Å². The molecule has 1 aliphatic heterocycles. The Morgan fingerprint density at radius 1 is 1.28 bits per heavy atom. The molecule has 2 atom stereocenters. The van der Waals surface area contributed by atoms with Gasteiger partial charge in [-0.2, -0.15) is 10.4 Å². The summed E-state index contributed by atoms with van der Waals surface area (Å²) in [6.45, 7) is 0.0485. The molecule has 3 aliphatic rings. The fraction of sp³-hybridized carbons (Fsp3) is 0.522. The van der Waals surface area contributed by atoms with Crippen LogP contribution in [0.2, 0.25) is 0 Å². The van der Waals surface area contributed by atoms with Crippen molar-refractivity contribution in [2.45, 2.75) is 50.2 Å². The van der Waals surface area contributed by atoms with Crippen LogP contribution >= 0.6 is 0 Å². The molecule has 3 heterocycles. The van der Waals surface area contributed by atoms with Gasteiger partial charge in [-0.15, -0.1) is 0 Å². The first-order valence-corrected chi connectivity index (χ1v) is 11.1. The summed E-state index contributed by atoms with van der Waals surface area (Å²) in [5.41, 5.74) is 2.24. The molecule has 166 valence electrons. The maximum absolute atomic E-state index is 13.2. The first-order valence-electron chi connectivity index (χ1n) is 11.1. The molecule has 2 saturated carbocycles. The van der Waals surface area contributed by atoms with Crippen LogP contribution in [0.1, 0.15) is 54.1 Å². The molecule has 2 amide bonds. The molecule has 2 aliphatic carbocycles. The molecule has 0 aromatic carbocycles. The van der Waals surface area contributed by atoms with Crippen molar-refractivity contribution in [3.8, 4) is 11.9 Å². The zero-order valence-corrected chi connectivity index (χ0v) is 17.9. The van der Waals surface area contributed by atoms with Crippen molar-refractivity contribution in [3.63, 3.8) is 0 Å². The van der Waals surface area contributed by atoms with Crippen LogP contribution in [0.3, 0.4) is 0 Å². The average Bonchev–Trinajstić information content (AvgIpc) is 3.71. The summed E-state index contributed by atoms with van der Waals surface area (Å²) < 4.78 is 7.78. The average molecular weight is 435 g/mol. The van der Waals surface area contributed by atoms with Crippen molar-refractivity contribution < 1.29 is 19.1 Å². The Balaban J connectivity index is 1.36. The minimum atomic E-state index is -0.635. The molecule has 3 fully saturated rings. The molecule has 5 rings (SSSR count). The van der Waals surface area contributed by atoms with E-state index in [4.69, 9.17) is 4.74 Å². The van der Waals surface area contributed by atoms with Gasteiger partial charge in [-0.25, -0.2) is 4.52 Å². The molecule has 0 N–H and O–H groups in total. The molecule has 2 aromatic heterocycles. The molecule has 9 nitrogen and oxygen atoms in total. The summed E-state index contributed by atoms with van der Waals surface area (Å²) in [4.78, 5) is 39.8. The van der Waals surface area contributed by atoms with Gasteiger partial charge < -0.3 is 19.3 Å². The van der Waals surface area contributed by atoms with Crippen LogP contribution in [0.5, 0.6) is 5.88 Å². The maximum atomic E-state index is 13.2. The molecular formula is C23H25N5O4. The number of likely N-dealkylation sites (N-methyl/N-ethyl adjacent to an activating group) is 1. The SMILES string of the molecule is CN(CC(=O)N1CC(C=O)CC1C#N)C(=O)c1cc(OC2CC2)n2nc(C3CC3)cc2c1. The minimum absolute atomic E-state index is 0.153. The van der Waals surface area contributed by atoms with E-state index in [0.717, 1.165) is 43.2 Å². The number of aldehydes is 1. The first kappa shape index (κ1) is 20.5. The highest BCUT2D eigenvalue weighted by Gasteiger charge is 2.36. The van der Waals surface area contributed by atoms with Gasteiger partial charge in [-0.05, 0) is 44.2 Å². The Morgan fingerprint density at radius 2 is 2.06 bits per heavy atom. The second kappa shape index (κ2) is 7.93. The normalized spacial score (nSPS) is 22.6. The lowest BCUT2D eigenvalue weighted by Gasteiger charge is -2.24. The lowest BCUT2D eigenvalue weighted by Crippen LogP contribution is -2.43. The van der Waals surface area contributed by atoms with Crippen LogP contribution in [0.15, 0.2) is 18.2 Å². The summed E-state index contributed by atoms with van der Waals surface area (Å²) >= 11 is 0. The predicted octanol–water partition coefficient (Wildman–Crippen LogP) is 1.76. The number of nitriles is 1. The van der Waals surface area contributed by atoms with E-state index in [-0.39, 0.29) is 36.9 Å². The van der Waals surface area contributed by atoms with Crippen LogP contribution in [-0.4, -0.2) is 69.8 Å². The fourth-order valence-electron chi connectivity index (χ4n) is 4.18. The number of fused-ring (bicyclic) bond motifs is 1. The maximum Gasteiger partial charge on any atom is 0.254 e. The van der Waals surface area contributed by atoms with Gasteiger partial charge in [0, 0.05) is 37.1 Å². The van der Waals surface area contributed by atoms with Crippen molar-refractivity contribution in [3.05, 3.63) is 29.5 Å². The zero-order valence-electron chi connectivity index (χ0n) is 17.9. The number of nitrogens with zero attached hydrogens (tertiary/aromatic N) is 5. The van der Waals surface area contributed by atoms with Crippen LogP contribution in [0.4, 0.5) is 0 Å². The number of carbonyl (C=O) groups excluding carboxylic acids is 3. The van der Waals surface area contributed by atoms with E-state index in [0.29, 0.717) is 23.8 Å². The number of ether oxygens (including phenoxy) is 1. The third-order valence-corrected chi connectivity index (χ3v) is 6.32. The van der Waals surface area contributed by atoms with Crippen molar-refractivity contribution in [1.29, 1.82) is 5.26 Å². The summed E-state index contributed by atoms with van der Waals surface area (Å²) in [6.07, 6.45) is 5.51. The number of amides is 2. The smallest absolute Gasteiger partial charge is 0.254 e. The van der Waals surface area contributed by atoms with E-state index in [1.54, 1.807) is 23.7 Å². The van der Waals surface area contributed by atoms with E-state index < -0.39 is 6.04 Å². The van der Waals surface area contributed by atoms with Gasteiger partial charge in [0.15, 0.2) is 0 Å². The second-order valence-electron chi connectivity index (χ2n) is 9.06. The van der Waals surface area contributed by atoms with Crippen molar-refractivity contribution >= 4 is 23.6 Å². The number of pyridine rings is 1. The van der Waals surface area contributed by atoms with Gasteiger partial charge in [-0.3, -0.25) is 9.59 Å². The lowest BCUT2D eigenvalue weighted by atomic mass is 10.1.